The number of benzene rings is 1. The molecular formula is C9H7S. The minimum atomic E-state index is 1.25. The molecule has 0 atom stereocenters. The zero-order valence-electron chi connectivity index (χ0n) is 5.72. The van der Waals surface area contributed by atoms with Crippen molar-refractivity contribution in [1.29, 1.82) is 0 Å². The molecule has 0 saturated heterocycles. The number of aryl methyl sites for hydroxylation is 1. The van der Waals surface area contributed by atoms with Crippen LogP contribution in [0.4, 0.5) is 0 Å². The monoisotopic (exact) mass is 147 g/mol. The zero-order chi connectivity index (χ0) is 6.97. The maximum atomic E-state index is 3.17. The van der Waals surface area contributed by atoms with E-state index in [1.165, 1.54) is 15.6 Å². The van der Waals surface area contributed by atoms with Crippen molar-refractivity contribution in [2.45, 2.75) is 6.92 Å². The average Bonchev–Trinajstić information content (AvgIpc) is 2.36. The number of thiophene rings is 1. The summed E-state index contributed by atoms with van der Waals surface area (Å²) in [7, 11) is 0. The van der Waals surface area contributed by atoms with Crippen molar-refractivity contribution in [2.75, 3.05) is 0 Å². The van der Waals surface area contributed by atoms with Gasteiger partial charge in [-0.2, -0.15) is 0 Å². The van der Waals surface area contributed by atoms with Gasteiger partial charge in [0, 0.05) is 4.70 Å². The lowest BCUT2D eigenvalue weighted by Crippen LogP contribution is -1.69. The third kappa shape index (κ3) is 0.745. The maximum absolute atomic E-state index is 3.17. The lowest BCUT2D eigenvalue weighted by Gasteiger charge is -1.91. The Balaban J connectivity index is 2.95. The Morgan fingerprint density at radius 2 is 2.30 bits per heavy atom. The molecule has 1 heterocycles. The molecule has 0 N–H and O–H groups in total. The SMILES string of the molecule is Cc1[c]ccc2sccc12. The summed E-state index contributed by atoms with van der Waals surface area (Å²) < 4.78 is 1.36. The van der Waals surface area contributed by atoms with Gasteiger partial charge in [-0.05, 0) is 41.5 Å². The molecule has 1 aromatic heterocycles. The summed E-state index contributed by atoms with van der Waals surface area (Å²) in [6, 6.07) is 9.40. The van der Waals surface area contributed by atoms with Gasteiger partial charge in [-0.1, -0.05) is 6.07 Å². The number of fused-ring (bicyclic) bond motifs is 1. The molecule has 49 valence electrons. The van der Waals surface area contributed by atoms with Gasteiger partial charge in [0.05, 0.1) is 0 Å². The molecule has 10 heavy (non-hydrogen) atoms. The predicted molar refractivity (Wildman–Crippen MR) is 45.4 cm³/mol. The van der Waals surface area contributed by atoms with Gasteiger partial charge < -0.3 is 0 Å². The maximum Gasteiger partial charge on any atom is 0.0345 e. The molecule has 1 aromatic carbocycles. The summed E-state index contributed by atoms with van der Waals surface area (Å²) >= 11 is 1.78. The minimum absolute atomic E-state index is 1.25. The molecule has 0 amide bonds. The second-order valence-electron chi connectivity index (χ2n) is 2.30. The molecule has 0 spiro atoms. The molecule has 1 radical (unpaired) electrons. The Morgan fingerprint density at radius 1 is 1.40 bits per heavy atom. The molecule has 0 aliphatic heterocycles. The Hall–Kier alpha value is -0.820. The van der Waals surface area contributed by atoms with Gasteiger partial charge >= 0.3 is 0 Å². The van der Waals surface area contributed by atoms with Gasteiger partial charge in [-0.15, -0.1) is 11.3 Å². The van der Waals surface area contributed by atoms with Crippen LogP contribution in [0.15, 0.2) is 23.6 Å². The van der Waals surface area contributed by atoms with Crippen LogP contribution >= 0.6 is 11.3 Å². The van der Waals surface area contributed by atoms with Gasteiger partial charge in [-0.25, -0.2) is 0 Å². The van der Waals surface area contributed by atoms with Crippen molar-refractivity contribution in [3.05, 3.63) is 35.2 Å². The molecule has 0 aliphatic carbocycles. The van der Waals surface area contributed by atoms with E-state index in [-0.39, 0.29) is 0 Å². The highest BCUT2D eigenvalue weighted by molar-refractivity contribution is 7.17. The molecule has 0 saturated carbocycles. The average molecular weight is 147 g/mol. The quantitative estimate of drug-likeness (QED) is 0.537. The Morgan fingerprint density at radius 3 is 3.10 bits per heavy atom. The molecule has 0 fully saturated rings. The van der Waals surface area contributed by atoms with Gasteiger partial charge in [0.25, 0.3) is 0 Å². The lowest BCUT2D eigenvalue weighted by atomic mass is 10.2. The van der Waals surface area contributed by atoms with E-state index in [0.29, 0.717) is 0 Å². The first-order chi connectivity index (χ1) is 4.88. The first kappa shape index (κ1) is 5.93. The Labute approximate surface area is 64.1 Å². The van der Waals surface area contributed by atoms with Crippen molar-refractivity contribution in [1.82, 2.24) is 0 Å². The van der Waals surface area contributed by atoms with Gasteiger partial charge in [0.15, 0.2) is 0 Å². The van der Waals surface area contributed by atoms with Crippen LogP contribution in [0.5, 0.6) is 0 Å². The molecule has 0 unspecified atom stereocenters. The molecule has 0 bridgehead atoms. The normalized spacial score (nSPS) is 10.5. The molecule has 2 aromatic rings. The van der Waals surface area contributed by atoms with E-state index in [1.54, 1.807) is 11.3 Å². The Bertz CT molecular complexity index is 346. The second kappa shape index (κ2) is 2.10. The standard InChI is InChI=1S/C9H7S/c1-7-3-2-4-9-8(7)5-6-10-9/h2,4-6H,1H3. The summed E-state index contributed by atoms with van der Waals surface area (Å²) in [5.74, 6) is 0. The van der Waals surface area contributed by atoms with E-state index in [9.17, 15) is 0 Å². The number of hydrogen-bond donors (Lipinski definition) is 0. The summed E-state index contributed by atoms with van der Waals surface area (Å²) in [5, 5.41) is 3.46. The third-order valence-corrected chi connectivity index (χ3v) is 2.52. The highest BCUT2D eigenvalue weighted by atomic mass is 32.1. The van der Waals surface area contributed by atoms with Crippen molar-refractivity contribution < 1.29 is 0 Å². The van der Waals surface area contributed by atoms with Crippen LogP contribution in [0.2, 0.25) is 0 Å². The van der Waals surface area contributed by atoms with E-state index >= 15 is 0 Å². The fourth-order valence-corrected chi connectivity index (χ4v) is 1.93. The van der Waals surface area contributed by atoms with Gasteiger partial charge in [-0.3, -0.25) is 0 Å². The van der Waals surface area contributed by atoms with Crippen molar-refractivity contribution >= 4 is 21.4 Å². The van der Waals surface area contributed by atoms with Gasteiger partial charge in [0.2, 0.25) is 0 Å². The fourth-order valence-electron chi connectivity index (χ4n) is 1.08. The summed E-state index contributed by atoms with van der Waals surface area (Å²) in [5.41, 5.74) is 1.25. The van der Waals surface area contributed by atoms with Gasteiger partial charge in [0.1, 0.15) is 0 Å². The largest absolute Gasteiger partial charge is 0.144 e. The van der Waals surface area contributed by atoms with E-state index in [2.05, 4.69) is 30.5 Å². The first-order valence-corrected chi connectivity index (χ1v) is 4.10. The first-order valence-electron chi connectivity index (χ1n) is 3.22. The number of rotatable bonds is 0. The zero-order valence-corrected chi connectivity index (χ0v) is 6.53. The van der Waals surface area contributed by atoms with Crippen LogP contribution < -0.4 is 0 Å². The fraction of sp³-hybridized carbons (Fsp3) is 0.111. The van der Waals surface area contributed by atoms with Crippen molar-refractivity contribution in [2.24, 2.45) is 0 Å². The third-order valence-electron chi connectivity index (χ3n) is 1.63. The number of hydrogen-bond acceptors (Lipinski definition) is 1. The van der Waals surface area contributed by atoms with E-state index in [0.717, 1.165) is 0 Å². The van der Waals surface area contributed by atoms with Crippen molar-refractivity contribution in [3.8, 4) is 0 Å². The predicted octanol–water partition coefficient (Wildman–Crippen LogP) is 3.01. The molecule has 2 rings (SSSR count). The smallest absolute Gasteiger partial charge is 0.0345 e. The van der Waals surface area contributed by atoms with Crippen LogP contribution in [0, 0.1) is 13.0 Å². The van der Waals surface area contributed by atoms with Crippen LogP contribution in [-0.4, -0.2) is 0 Å². The molecule has 1 heteroatoms. The summed E-state index contributed by atoms with van der Waals surface area (Å²) in [6.45, 7) is 2.09. The van der Waals surface area contributed by atoms with Crippen LogP contribution in [-0.2, 0) is 0 Å². The lowest BCUT2D eigenvalue weighted by molar-refractivity contribution is 1.53. The van der Waals surface area contributed by atoms with E-state index < -0.39 is 0 Å². The highest BCUT2D eigenvalue weighted by Crippen LogP contribution is 2.22. The van der Waals surface area contributed by atoms with Crippen LogP contribution in [0.3, 0.4) is 0 Å². The van der Waals surface area contributed by atoms with Crippen molar-refractivity contribution in [3.63, 3.8) is 0 Å². The molecular weight excluding hydrogens is 140 g/mol. The van der Waals surface area contributed by atoms with E-state index in [1.807, 2.05) is 6.07 Å². The molecule has 0 nitrogen and oxygen atoms in total. The second-order valence-corrected chi connectivity index (χ2v) is 3.25. The van der Waals surface area contributed by atoms with Crippen LogP contribution in [0.25, 0.3) is 10.1 Å². The minimum Gasteiger partial charge on any atom is -0.144 e. The topological polar surface area (TPSA) is 0 Å². The van der Waals surface area contributed by atoms with E-state index in [4.69, 9.17) is 0 Å². The summed E-state index contributed by atoms with van der Waals surface area (Å²) in [6.07, 6.45) is 0. The highest BCUT2D eigenvalue weighted by Gasteiger charge is 1.94. The van der Waals surface area contributed by atoms with Crippen LogP contribution in [0.1, 0.15) is 5.56 Å². The Kier molecular flexibility index (Phi) is 1.24. The molecule has 0 aliphatic rings. The summed E-state index contributed by atoms with van der Waals surface area (Å²) in [4.78, 5) is 0.